The van der Waals surface area contributed by atoms with Crippen molar-refractivity contribution in [1.29, 1.82) is 0 Å². The Morgan fingerprint density at radius 3 is 2.47 bits per heavy atom. The summed E-state index contributed by atoms with van der Waals surface area (Å²) >= 11 is 6.38. The van der Waals surface area contributed by atoms with Crippen LogP contribution in [0.25, 0.3) is 0 Å². The lowest BCUT2D eigenvalue weighted by Gasteiger charge is -2.43. The first kappa shape index (κ1) is 28.1. The Labute approximate surface area is 215 Å². The fourth-order valence-electron chi connectivity index (χ4n) is 5.03. The van der Waals surface area contributed by atoms with E-state index < -0.39 is 24.3 Å². The third-order valence-corrected chi connectivity index (χ3v) is 7.53. The highest BCUT2D eigenvalue weighted by Gasteiger charge is 2.39. The summed E-state index contributed by atoms with van der Waals surface area (Å²) in [5.41, 5.74) is 0.309. The molecule has 1 aliphatic rings. The number of alkyl halides is 3. The number of amides is 1. The van der Waals surface area contributed by atoms with Gasteiger partial charge in [0.1, 0.15) is 0 Å². The molecule has 0 spiro atoms. The van der Waals surface area contributed by atoms with E-state index in [0.717, 1.165) is 42.5 Å². The van der Waals surface area contributed by atoms with Gasteiger partial charge in [-0.2, -0.15) is 18.3 Å². The molecule has 1 heterocycles. The molecule has 2 aromatic rings. The van der Waals surface area contributed by atoms with Crippen LogP contribution >= 0.6 is 11.6 Å². The third kappa shape index (κ3) is 5.91. The van der Waals surface area contributed by atoms with Gasteiger partial charge in [0.15, 0.2) is 5.69 Å². The number of anilines is 1. The van der Waals surface area contributed by atoms with Crippen LogP contribution in [0.5, 0.6) is 5.88 Å². The SMILES string of the molecule is CCC1(Nc2cc(Cl)cc(C(=O)NCc3c(C(F)(F)F)nn(C)c3OC)c2C)CCC(N(C)C)CC1. The molecule has 1 saturated carbocycles. The molecule has 3 rings (SSSR count). The normalized spacial score (nSPS) is 20.5. The Hall–Kier alpha value is -2.46. The molecular weight excluding hydrogens is 495 g/mol. The number of rotatable bonds is 8. The van der Waals surface area contributed by atoms with Crippen LogP contribution < -0.4 is 15.4 Å². The average Bonchev–Trinajstić information content (AvgIpc) is 3.15. The Bertz CT molecular complexity index is 1090. The Kier molecular flexibility index (Phi) is 8.50. The summed E-state index contributed by atoms with van der Waals surface area (Å²) < 4.78 is 46.6. The quantitative estimate of drug-likeness (QED) is 0.479. The Morgan fingerprint density at radius 2 is 1.94 bits per heavy atom. The zero-order valence-electron chi connectivity index (χ0n) is 21.6. The van der Waals surface area contributed by atoms with Gasteiger partial charge in [-0.25, -0.2) is 4.68 Å². The lowest BCUT2D eigenvalue weighted by atomic mass is 9.77. The molecule has 0 bridgehead atoms. The highest BCUT2D eigenvalue weighted by atomic mass is 35.5. The van der Waals surface area contributed by atoms with Gasteiger partial charge in [-0.15, -0.1) is 0 Å². The van der Waals surface area contributed by atoms with Crippen molar-refractivity contribution in [3.63, 3.8) is 0 Å². The molecular formula is C25H35ClF3N5O2. The number of nitrogens with one attached hydrogen (secondary N) is 2. The van der Waals surface area contributed by atoms with E-state index in [2.05, 4.69) is 41.7 Å². The molecule has 1 amide bonds. The van der Waals surface area contributed by atoms with E-state index in [9.17, 15) is 18.0 Å². The van der Waals surface area contributed by atoms with Crippen molar-refractivity contribution in [2.75, 3.05) is 26.5 Å². The smallest absolute Gasteiger partial charge is 0.435 e. The predicted molar refractivity (Wildman–Crippen MR) is 135 cm³/mol. The number of ether oxygens (including phenoxy) is 1. The number of halogens is 4. The Morgan fingerprint density at radius 1 is 1.31 bits per heavy atom. The summed E-state index contributed by atoms with van der Waals surface area (Å²) in [5.74, 6) is -0.593. The van der Waals surface area contributed by atoms with E-state index in [4.69, 9.17) is 16.3 Å². The number of methoxy groups -OCH3 is 1. The summed E-state index contributed by atoms with van der Waals surface area (Å²) in [4.78, 5) is 15.4. The van der Waals surface area contributed by atoms with Crippen LogP contribution in [0, 0.1) is 6.92 Å². The number of aryl methyl sites for hydroxylation is 1. The molecule has 0 radical (unpaired) electrons. The zero-order chi connectivity index (χ0) is 26.8. The first-order valence-corrected chi connectivity index (χ1v) is 12.4. The summed E-state index contributed by atoms with van der Waals surface area (Å²) in [6.07, 6.45) is 0.339. The topological polar surface area (TPSA) is 71.4 Å². The van der Waals surface area contributed by atoms with Gasteiger partial charge in [0, 0.05) is 34.9 Å². The van der Waals surface area contributed by atoms with Gasteiger partial charge in [-0.05, 0) is 70.8 Å². The van der Waals surface area contributed by atoms with E-state index in [1.165, 1.54) is 20.2 Å². The highest BCUT2D eigenvalue weighted by Crippen LogP contribution is 2.38. The monoisotopic (exact) mass is 529 g/mol. The highest BCUT2D eigenvalue weighted by molar-refractivity contribution is 6.31. The zero-order valence-corrected chi connectivity index (χ0v) is 22.4. The van der Waals surface area contributed by atoms with Crippen LogP contribution in [0.15, 0.2) is 12.1 Å². The summed E-state index contributed by atoms with van der Waals surface area (Å²) in [7, 11) is 6.81. The fraction of sp³-hybridized carbons (Fsp3) is 0.600. The van der Waals surface area contributed by atoms with Crippen LogP contribution in [-0.2, 0) is 19.8 Å². The van der Waals surface area contributed by atoms with Gasteiger partial charge in [0.25, 0.3) is 5.91 Å². The van der Waals surface area contributed by atoms with Gasteiger partial charge in [-0.3, -0.25) is 4.79 Å². The van der Waals surface area contributed by atoms with E-state index in [1.807, 2.05) is 6.92 Å². The van der Waals surface area contributed by atoms with Crippen molar-refractivity contribution < 1.29 is 22.7 Å². The maximum Gasteiger partial charge on any atom is 0.435 e. The van der Waals surface area contributed by atoms with E-state index in [-0.39, 0.29) is 17.0 Å². The lowest BCUT2D eigenvalue weighted by Crippen LogP contribution is -2.45. The van der Waals surface area contributed by atoms with Crippen LogP contribution in [0.2, 0.25) is 5.02 Å². The van der Waals surface area contributed by atoms with Crippen molar-refractivity contribution in [3.05, 3.63) is 39.5 Å². The van der Waals surface area contributed by atoms with Gasteiger partial charge >= 0.3 is 6.18 Å². The average molecular weight is 530 g/mol. The minimum atomic E-state index is -4.68. The van der Waals surface area contributed by atoms with Crippen molar-refractivity contribution in [2.24, 2.45) is 7.05 Å². The molecule has 1 aliphatic carbocycles. The Balaban J connectivity index is 1.83. The van der Waals surface area contributed by atoms with Gasteiger partial charge in [0.2, 0.25) is 5.88 Å². The van der Waals surface area contributed by atoms with Crippen molar-refractivity contribution in [1.82, 2.24) is 20.0 Å². The van der Waals surface area contributed by atoms with Crippen molar-refractivity contribution in [3.8, 4) is 5.88 Å². The van der Waals surface area contributed by atoms with E-state index >= 15 is 0 Å². The second kappa shape index (κ2) is 10.9. The van der Waals surface area contributed by atoms with Gasteiger partial charge in [-0.1, -0.05) is 18.5 Å². The van der Waals surface area contributed by atoms with Crippen molar-refractivity contribution in [2.45, 2.75) is 70.3 Å². The summed E-state index contributed by atoms with van der Waals surface area (Å²) in [6, 6.07) is 3.87. The number of nitrogens with zero attached hydrogens (tertiary/aromatic N) is 3. The maximum absolute atomic E-state index is 13.5. The first-order valence-electron chi connectivity index (χ1n) is 12.0. The largest absolute Gasteiger partial charge is 0.481 e. The number of aromatic nitrogens is 2. The number of hydrogen-bond acceptors (Lipinski definition) is 5. The fourth-order valence-corrected chi connectivity index (χ4v) is 5.25. The number of hydrogen-bond donors (Lipinski definition) is 2. The summed E-state index contributed by atoms with van der Waals surface area (Å²) in [6.45, 7) is 3.56. The second-order valence-corrected chi connectivity index (χ2v) is 10.2. The van der Waals surface area contributed by atoms with Crippen LogP contribution in [0.3, 0.4) is 0 Å². The second-order valence-electron chi connectivity index (χ2n) is 9.72. The van der Waals surface area contributed by atoms with E-state index in [0.29, 0.717) is 22.2 Å². The molecule has 1 aromatic carbocycles. The number of benzene rings is 1. The van der Waals surface area contributed by atoms with Crippen LogP contribution in [0.1, 0.15) is 66.2 Å². The van der Waals surface area contributed by atoms with E-state index in [1.54, 1.807) is 6.07 Å². The first-order chi connectivity index (χ1) is 16.8. The van der Waals surface area contributed by atoms with Crippen LogP contribution in [0.4, 0.5) is 18.9 Å². The summed E-state index contributed by atoms with van der Waals surface area (Å²) in [5, 5.41) is 10.2. The standard InChI is InChI=1S/C25H35ClF3N5O2/c1-7-24(10-8-17(9-11-24)33(3)4)31-20-13-16(26)12-18(15(20)2)22(35)30-14-19-21(25(27,28)29)32-34(5)23(19)36-6/h12-13,17,31H,7-11,14H2,1-6H3,(H,30,35). The molecule has 2 N–H and O–H groups in total. The molecule has 200 valence electrons. The molecule has 0 aliphatic heterocycles. The number of carbonyl (C=O) groups excluding carboxylic acids is 1. The minimum Gasteiger partial charge on any atom is -0.481 e. The molecule has 1 fully saturated rings. The van der Waals surface area contributed by atoms with Gasteiger partial charge in [0.05, 0.1) is 19.2 Å². The van der Waals surface area contributed by atoms with Crippen LogP contribution in [-0.4, -0.2) is 53.4 Å². The molecule has 0 atom stereocenters. The molecule has 7 nitrogen and oxygen atoms in total. The molecule has 36 heavy (non-hydrogen) atoms. The molecule has 11 heteroatoms. The molecule has 1 aromatic heterocycles. The number of carbonyl (C=O) groups is 1. The predicted octanol–water partition coefficient (Wildman–Crippen LogP) is 5.40. The van der Waals surface area contributed by atoms with Gasteiger partial charge < -0.3 is 20.3 Å². The molecule has 0 unspecified atom stereocenters. The maximum atomic E-state index is 13.5. The minimum absolute atomic E-state index is 0.0639. The third-order valence-electron chi connectivity index (χ3n) is 7.31. The molecule has 0 saturated heterocycles. The van der Waals surface area contributed by atoms with Crippen molar-refractivity contribution >= 4 is 23.2 Å². The lowest BCUT2D eigenvalue weighted by molar-refractivity contribution is -0.142.